The number of aliphatic hydroxyl groups excluding tert-OH is 1. The van der Waals surface area contributed by atoms with Gasteiger partial charge in [0.15, 0.2) is 5.65 Å². The molecule has 0 saturated carbocycles. The van der Waals surface area contributed by atoms with Crippen LogP contribution in [-0.4, -0.2) is 62.1 Å². The van der Waals surface area contributed by atoms with Crippen molar-refractivity contribution in [3.05, 3.63) is 42.7 Å². The summed E-state index contributed by atoms with van der Waals surface area (Å²) >= 11 is 0. The second kappa shape index (κ2) is 11.0. The van der Waals surface area contributed by atoms with E-state index in [9.17, 15) is 14.7 Å². The SMILES string of the molecule is CC(C)(C)OC(=O)N(CCCC(=O)NCCCO)c1ccn2ncc(-c3cccc(O)c3)c2n1. The van der Waals surface area contributed by atoms with E-state index in [1.807, 2.05) is 6.07 Å². The van der Waals surface area contributed by atoms with Gasteiger partial charge in [-0.05, 0) is 57.4 Å². The molecule has 0 fully saturated rings. The lowest BCUT2D eigenvalue weighted by Crippen LogP contribution is -2.38. The molecule has 0 radical (unpaired) electrons. The molecule has 3 rings (SSSR count). The van der Waals surface area contributed by atoms with Gasteiger partial charge in [0.05, 0.1) is 6.20 Å². The lowest BCUT2D eigenvalue weighted by Gasteiger charge is -2.26. The number of benzene rings is 1. The molecule has 0 unspecified atom stereocenters. The second-order valence-corrected chi connectivity index (χ2v) is 8.83. The summed E-state index contributed by atoms with van der Waals surface area (Å²) in [5, 5.41) is 25.7. The molecule has 34 heavy (non-hydrogen) atoms. The van der Waals surface area contributed by atoms with Gasteiger partial charge in [0.1, 0.15) is 17.2 Å². The number of rotatable bonds is 9. The summed E-state index contributed by atoms with van der Waals surface area (Å²) in [7, 11) is 0. The minimum Gasteiger partial charge on any atom is -0.508 e. The van der Waals surface area contributed by atoms with E-state index < -0.39 is 11.7 Å². The molecular formula is C24H31N5O5. The van der Waals surface area contributed by atoms with Crippen LogP contribution in [-0.2, 0) is 9.53 Å². The van der Waals surface area contributed by atoms with Crippen molar-refractivity contribution in [2.75, 3.05) is 24.6 Å². The molecule has 0 aliphatic rings. The number of aliphatic hydroxyl groups is 1. The molecule has 0 saturated heterocycles. The maximum Gasteiger partial charge on any atom is 0.416 e. The van der Waals surface area contributed by atoms with Crippen LogP contribution in [0.25, 0.3) is 16.8 Å². The van der Waals surface area contributed by atoms with E-state index in [2.05, 4.69) is 15.4 Å². The number of amides is 2. The Kier molecular flexibility index (Phi) is 8.06. The highest BCUT2D eigenvalue weighted by Crippen LogP contribution is 2.28. The Morgan fingerprint density at radius 2 is 2.00 bits per heavy atom. The lowest BCUT2D eigenvalue weighted by molar-refractivity contribution is -0.121. The predicted molar refractivity (Wildman–Crippen MR) is 128 cm³/mol. The van der Waals surface area contributed by atoms with Crippen molar-refractivity contribution in [2.45, 2.75) is 45.6 Å². The maximum atomic E-state index is 13.0. The van der Waals surface area contributed by atoms with Gasteiger partial charge in [-0.25, -0.2) is 14.3 Å². The van der Waals surface area contributed by atoms with Crippen molar-refractivity contribution in [3.8, 4) is 16.9 Å². The molecule has 0 bridgehead atoms. The van der Waals surface area contributed by atoms with Gasteiger partial charge >= 0.3 is 6.09 Å². The summed E-state index contributed by atoms with van der Waals surface area (Å²) in [4.78, 5) is 31.1. The number of anilines is 1. The quantitative estimate of drug-likeness (QED) is 0.411. The summed E-state index contributed by atoms with van der Waals surface area (Å²) < 4.78 is 7.17. The molecule has 3 aromatic rings. The molecule has 0 spiro atoms. The Hall–Kier alpha value is -3.66. The van der Waals surface area contributed by atoms with Gasteiger partial charge in [-0.2, -0.15) is 5.10 Å². The summed E-state index contributed by atoms with van der Waals surface area (Å²) in [6, 6.07) is 8.44. The van der Waals surface area contributed by atoms with E-state index >= 15 is 0 Å². The lowest BCUT2D eigenvalue weighted by atomic mass is 10.1. The number of hydrogen-bond acceptors (Lipinski definition) is 7. The molecule has 182 valence electrons. The molecule has 0 aliphatic heterocycles. The van der Waals surface area contributed by atoms with E-state index in [4.69, 9.17) is 9.84 Å². The highest BCUT2D eigenvalue weighted by molar-refractivity contribution is 5.88. The number of fused-ring (bicyclic) bond motifs is 1. The zero-order valence-corrected chi connectivity index (χ0v) is 19.7. The molecule has 1 aromatic carbocycles. The van der Waals surface area contributed by atoms with Gasteiger partial charge in [-0.3, -0.25) is 9.69 Å². The van der Waals surface area contributed by atoms with Crippen LogP contribution in [0.4, 0.5) is 10.6 Å². The first kappa shape index (κ1) is 25.0. The minimum absolute atomic E-state index is 0.0139. The van der Waals surface area contributed by atoms with Crippen molar-refractivity contribution in [3.63, 3.8) is 0 Å². The Morgan fingerprint density at radius 1 is 1.21 bits per heavy atom. The van der Waals surface area contributed by atoms with E-state index in [0.29, 0.717) is 36.4 Å². The normalized spacial score (nSPS) is 11.4. The summed E-state index contributed by atoms with van der Waals surface area (Å²) in [5.41, 5.74) is 1.25. The molecule has 10 nitrogen and oxygen atoms in total. The number of ether oxygens (including phenoxy) is 1. The van der Waals surface area contributed by atoms with Crippen LogP contribution >= 0.6 is 0 Å². The Bertz CT molecular complexity index is 1140. The summed E-state index contributed by atoms with van der Waals surface area (Å²) in [6.45, 7) is 5.99. The third-order valence-corrected chi connectivity index (χ3v) is 4.84. The van der Waals surface area contributed by atoms with Gasteiger partial charge < -0.3 is 20.3 Å². The predicted octanol–water partition coefficient (Wildman–Crippen LogP) is 3.12. The van der Waals surface area contributed by atoms with Crippen molar-refractivity contribution in [2.24, 2.45) is 0 Å². The van der Waals surface area contributed by atoms with Crippen LogP contribution < -0.4 is 10.2 Å². The van der Waals surface area contributed by atoms with Crippen LogP contribution in [0.3, 0.4) is 0 Å². The largest absolute Gasteiger partial charge is 0.508 e. The van der Waals surface area contributed by atoms with Crippen molar-refractivity contribution >= 4 is 23.5 Å². The first-order chi connectivity index (χ1) is 16.2. The van der Waals surface area contributed by atoms with E-state index in [1.54, 1.807) is 61.9 Å². The van der Waals surface area contributed by atoms with Gasteiger partial charge in [-0.1, -0.05) is 12.1 Å². The molecule has 2 aromatic heterocycles. The highest BCUT2D eigenvalue weighted by atomic mass is 16.6. The Balaban J connectivity index is 1.85. The fourth-order valence-corrected chi connectivity index (χ4v) is 3.30. The molecular weight excluding hydrogens is 438 g/mol. The molecule has 10 heteroatoms. The Morgan fingerprint density at radius 3 is 2.71 bits per heavy atom. The number of carbonyl (C=O) groups is 2. The number of nitrogens with zero attached hydrogens (tertiary/aromatic N) is 4. The van der Waals surface area contributed by atoms with Crippen LogP contribution in [0.15, 0.2) is 42.7 Å². The van der Waals surface area contributed by atoms with Crippen molar-refractivity contribution in [1.82, 2.24) is 19.9 Å². The molecule has 2 amide bonds. The molecule has 2 heterocycles. The van der Waals surface area contributed by atoms with E-state index in [-0.39, 0.29) is 31.2 Å². The smallest absolute Gasteiger partial charge is 0.416 e. The minimum atomic E-state index is -0.704. The third kappa shape index (κ3) is 6.67. The number of hydrogen-bond donors (Lipinski definition) is 3. The van der Waals surface area contributed by atoms with Gasteiger partial charge in [-0.15, -0.1) is 0 Å². The van der Waals surface area contributed by atoms with E-state index in [1.165, 1.54) is 4.90 Å². The summed E-state index contributed by atoms with van der Waals surface area (Å²) in [6.07, 6.45) is 3.89. The monoisotopic (exact) mass is 469 g/mol. The average molecular weight is 470 g/mol. The zero-order valence-electron chi connectivity index (χ0n) is 19.7. The van der Waals surface area contributed by atoms with Crippen LogP contribution in [0.5, 0.6) is 5.75 Å². The number of phenolic OH excluding ortho intramolecular Hbond substituents is 1. The van der Waals surface area contributed by atoms with Gasteiger partial charge in [0.2, 0.25) is 5.91 Å². The molecule has 0 atom stereocenters. The fraction of sp³-hybridized carbons (Fsp3) is 0.417. The first-order valence-corrected chi connectivity index (χ1v) is 11.2. The van der Waals surface area contributed by atoms with Crippen molar-refractivity contribution < 1.29 is 24.5 Å². The first-order valence-electron chi connectivity index (χ1n) is 11.2. The van der Waals surface area contributed by atoms with Gasteiger partial charge in [0.25, 0.3) is 0 Å². The topological polar surface area (TPSA) is 129 Å². The number of nitrogens with one attached hydrogen (secondary N) is 1. The van der Waals surface area contributed by atoms with Gasteiger partial charge in [0, 0.05) is 37.9 Å². The van der Waals surface area contributed by atoms with Crippen LogP contribution in [0, 0.1) is 0 Å². The average Bonchev–Trinajstić information content (AvgIpc) is 3.19. The number of aromatic hydroxyl groups is 1. The second-order valence-electron chi connectivity index (χ2n) is 8.83. The number of aromatic nitrogens is 3. The third-order valence-electron chi connectivity index (χ3n) is 4.84. The molecule has 0 aliphatic carbocycles. The summed E-state index contributed by atoms with van der Waals surface area (Å²) in [5.74, 6) is 0.341. The fourth-order valence-electron chi connectivity index (χ4n) is 3.30. The van der Waals surface area contributed by atoms with Crippen LogP contribution in [0.2, 0.25) is 0 Å². The van der Waals surface area contributed by atoms with Crippen LogP contribution in [0.1, 0.15) is 40.0 Å². The number of carbonyl (C=O) groups excluding carboxylic acids is 2. The number of phenols is 1. The van der Waals surface area contributed by atoms with Crippen molar-refractivity contribution in [1.29, 1.82) is 0 Å². The highest BCUT2D eigenvalue weighted by Gasteiger charge is 2.25. The molecule has 3 N–H and O–H groups in total. The van der Waals surface area contributed by atoms with E-state index in [0.717, 1.165) is 5.56 Å². The zero-order chi connectivity index (χ0) is 24.7. The standard InChI is InChI=1S/C24H31N5O5/c1-24(2,3)34-23(33)28(12-5-9-21(32)25-11-6-14-30)20-10-13-29-22(27-20)19(16-26-29)17-7-4-8-18(31)15-17/h4,7-8,10,13,15-16,30-31H,5-6,9,11-12,14H2,1-3H3,(H,25,32). The Labute approximate surface area is 198 Å². The maximum absolute atomic E-state index is 13.0.